The molecule has 0 fully saturated rings. The fourth-order valence-corrected chi connectivity index (χ4v) is 5.18. The molecule has 4 nitrogen and oxygen atoms in total. The molecule has 1 aliphatic rings. The van der Waals surface area contributed by atoms with Crippen LogP contribution in [-0.4, -0.2) is 5.91 Å². The predicted octanol–water partition coefficient (Wildman–Crippen LogP) is 8.24. The largest absolute Gasteiger partial charge is 0.296 e. The van der Waals surface area contributed by atoms with Gasteiger partial charge in [0, 0.05) is 21.9 Å². The molecule has 36 heavy (non-hydrogen) atoms. The fraction of sp³-hybridized carbons (Fsp3) is 0.100. The molecule has 0 aliphatic carbocycles. The summed E-state index contributed by atoms with van der Waals surface area (Å²) in [6.45, 7) is 2.13. The van der Waals surface area contributed by atoms with Crippen molar-refractivity contribution in [2.45, 2.75) is 19.1 Å². The molecule has 0 unspecified atom stereocenters. The van der Waals surface area contributed by atoms with Gasteiger partial charge in [-0.15, -0.1) is 0 Å². The van der Waals surface area contributed by atoms with Gasteiger partial charge in [-0.1, -0.05) is 73.1 Å². The normalized spacial score (nSPS) is 13.7. The van der Waals surface area contributed by atoms with Gasteiger partial charge >= 0.3 is 0 Å². The Morgan fingerprint density at radius 2 is 1.56 bits per heavy atom. The zero-order chi connectivity index (χ0) is 24.9. The number of allylic oxidation sites excluding steroid dienone is 1. The maximum Gasteiger partial charge on any atom is 0.261 e. The highest BCUT2D eigenvalue weighted by molar-refractivity contribution is 7.97. The van der Waals surface area contributed by atoms with Crippen molar-refractivity contribution in [3.8, 4) is 0 Å². The highest BCUT2D eigenvalue weighted by Crippen LogP contribution is 2.46. The number of para-hydroxylation sites is 2. The van der Waals surface area contributed by atoms with Crippen molar-refractivity contribution in [3.05, 3.63) is 131 Å². The molecule has 0 saturated carbocycles. The third kappa shape index (κ3) is 4.99. The van der Waals surface area contributed by atoms with Crippen molar-refractivity contribution in [2.75, 3.05) is 10.0 Å². The number of carbonyl (C=O) groups is 1. The summed E-state index contributed by atoms with van der Waals surface area (Å²) in [6.07, 6.45) is 3.08. The Kier molecular flexibility index (Phi) is 7.31. The van der Waals surface area contributed by atoms with E-state index in [0.717, 1.165) is 40.3 Å². The van der Waals surface area contributed by atoms with Gasteiger partial charge in [0.2, 0.25) is 0 Å². The second kappa shape index (κ2) is 10.9. The quantitative estimate of drug-likeness (QED) is 0.253. The predicted molar refractivity (Wildman–Crippen MR) is 152 cm³/mol. The summed E-state index contributed by atoms with van der Waals surface area (Å²) in [5, 5.41) is 5.13. The number of carbonyl (C=O) groups excluding carboxylic acids is 1. The maximum atomic E-state index is 13.1. The van der Waals surface area contributed by atoms with Crippen LogP contribution in [0.3, 0.4) is 0 Å². The zero-order valence-corrected chi connectivity index (χ0v) is 21.5. The lowest BCUT2D eigenvalue weighted by molar-refractivity contribution is 0.0984. The minimum atomic E-state index is -0.120. The summed E-state index contributed by atoms with van der Waals surface area (Å²) >= 11 is 7.44. The highest BCUT2D eigenvalue weighted by atomic mass is 35.5. The summed E-state index contributed by atoms with van der Waals surface area (Å²) in [5.41, 5.74) is 6.91. The fourth-order valence-electron chi connectivity index (χ4n) is 4.30. The zero-order valence-electron chi connectivity index (χ0n) is 19.9. The van der Waals surface area contributed by atoms with Gasteiger partial charge in [-0.05, 0) is 78.5 Å². The Morgan fingerprint density at radius 1 is 0.861 bits per heavy atom. The Morgan fingerprint density at radius 3 is 2.22 bits per heavy atom. The lowest BCUT2D eigenvalue weighted by atomic mass is 10.1. The summed E-state index contributed by atoms with van der Waals surface area (Å²) in [4.78, 5) is 13.1. The molecule has 1 aliphatic heterocycles. The first-order chi connectivity index (χ1) is 17.7. The third-order valence-corrected chi connectivity index (χ3v) is 6.93. The minimum absolute atomic E-state index is 0.120. The number of hydrazine groups is 1. The third-order valence-electron chi connectivity index (χ3n) is 5.88. The molecule has 5 rings (SSSR count). The summed E-state index contributed by atoms with van der Waals surface area (Å²) in [5.74, 6) is 0.520. The Labute approximate surface area is 221 Å². The van der Waals surface area contributed by atoms with Gasteiger partial charge in [0.05, 0.1) is 22.8 Å². The van der Waals surface area contributed by atoms with Gasteiger partial charge in [0.25, 0.3) is 5.91 Å². The molecule has 4 aromatic rings. The standard InChI is InChI=1S/C30H26ClN3OS/c1-2-10-28-27-20-23(30(35)32-36-21-22-11-9-12-24(31)19-22)17-18-29(27)34(26-15-7-4-8-16-26)33(28)25-13-5-3-6-14-25/h3-20H,2,21H2,1H3,(H,32,35)/b28-10+. The molecular formula is C30H26ClN3OS. The second-order valence-corrected chi connectivity index (χ2v) is 9.59. The number of hydrogen-bond acceptors (Lipinski definition) is 4. The molecule has 0 aromatic heterocycles. The van der Waals surface area contributed by atoms with Crippen molar-refractivity contribution >= 4 is 52.2 Å². The number of hydrogen-bond donors (Lipinski definition) is 1. The van der Waals surface area contributed by atoms with Gasteiger partial charge in [0.1, 0.15) is 0 Å². The van der Waals surface area contributed by atoms with Crippen LogP contribution in [-0.2, 0) is 5.75 Å². The van der Waals surface area contributed by atoms with Gasteiger partial charge in [0.15, 0.2) is 0 Å². The van der Waals surface area contributed by atoms with E-state index in [1.807, 2.05) is 78.9 Å². The van der Waals surface area contributed by atoms with Crippen LogP contribution < -0.4 is 14.7 Å². The van der Waals surface area contributed by atoms with Gasteiger partial charge in [-0.2, -0.15) is 0 Å². The highest BCUT2D eigenvalue weighted by Gasteiger charge is 2.34. The van der Waals surface area contributed by atoms with Crippen LogP contribution in [0.1, 0.15) is 34.8 Å². The molecule has 6 heteroatoms. The smallest absolute Gasteiger partial charge is 0.261 e. The summed E-state index contributed by atoms with van der Waals surface area (Å²) in [6, 6.07) is 34.2. The second-order valence-electron chi connectivity index (χ2n) is 8.37. The SMILES string of the molecule is CC/C=C1\c2cc(C(=O)NSCc3cccc(Cl)c3)ccc2N(c2ccccc2)N1c1ccccc1. The number of benzene rings is 4. The number of anilines is 3. The van der Waals surface area contributed by atoms with E-state index in [1.54, 1.807) is 0 Å². The molecule has 1 N–H and O–H groups in total. The molecule has 4 aromatic carbocycles. The molecule has 0 radical (unpaired) electrons. The number of rotatable bonds is 7. The van der Waals surface area contributed by atoms with Crippen LogP contribution >= 0.6 is 23.5 Å². The van der Waals surface area contributed by atoms with Crippen molar-refractivity contribution in [1.29, 1.82) is 0 Å². The van der Waals surface area contributed by atoms with Crippen molar-refractivity contribution < 1.29 is 4.79 Å². The first-order valence-electron chi connectivity index (χ1n) is 11.9. The molecule has 0 bridgehead atoms. The molecule has 1 amide bonds. The Balaban J connectivity index is 1.47. The monoisotopic (exact) mass is 511 g/mol. The topological polar surface area (TPSA) is 35.6 Å². The van der Waals surface area contributed by atoms with E-state index in [1.165, 1.54) is 11.9 Å². The van der Waals surface area contributed by atoms with Gasteiger partial charge < -0.3 is 0 Å². The molecule has 180 valence electrons. The number of halogens is 1. The van der Waals surface area contributed by atoms with E-state index < -0.39 is 0 Å². The van der Waals surface area contributed by atoms with Crippen LogP contribution in [0.5, 0.6) is 0 Å². The molecule has 1 heterocycles. The molecule has 0 atom stereocenters. The van der Waals surface area contributed by atoms with Crippen LogP contribution in [0.4, 0.5) is 17.1 Å². The van der Waals surface area contributed by atoms with E-state index in [2.05, 4.69) is 52.0 Å². The van der Waals surface area contributed by atoms with Crippen molar-refractivity contribution in [2.24, 2.45) is 0 Å². The van der Waals surface area contributed by atoms with Crippen LogP contribution in [0.25, 0.3) is 5.70 Å². The minimum Gasteiger partial charge on any atom is -0.296 e. The Hall–Kier alpha value is -3.67. The first kappa shape index (κ1) is 24.0. The Bertz CT molecular complexity index is 1390. The van der Waals surface area contributed by atoms with Crippen molar-refractivity contribution in [3.63, 3.8) is 0 Å². The lowest BCUT2D eigenvalue weighted by Gasteiger charge is -2.32. The van der Waals surface area contributed by atoms with Gasteiger partial charge in [-0.3, -0.25) is 9.52 Å². The van der Waals surface area contributed by atoms with Crippen LogP contribution in [0, 0.1) is 0 Å². The lowest BCUT2D eigenvalue weighted by Crippen LogP contribution is -2.33. The molecule has 0 saturated heterocycles. The molecular weight excluding hydrogens is 486 g/mol. The average Bonchev–Trinajstić information content (AvgIpc) is 3.23. The van der Waals surface area contributed by atoms with Crippen LogP contribution in [0.2, 0.25) is 5.02 Å². The van der Waals surface area contributed by atoms with E-state index in [0.29, 0.717) is 16.3 Å². The summed E-state index contributed by atoms with van der Waals surface area (Å²) < 4.78 is 2.98. The van der Waals surface area contributed by atoms with E-state index >= 15 is 0 Å². The number of fused-ring (bicyclic) bond motifs is 1. The number of nitrogens with zero attached hydrogens (tertiary/aromatic N) is 2. The van der Waals surface area contributed by atoms with Gasteiger partial charge in [-0.25, -0.2) is 10.0 Å². The number of nitrogens with one attached hydrogen (secondary N) is 1. The summed E-state index contributed by atoms with van der Waals surface area (Å²) in [7, 11) is 0. The first-order valence-corrected chi connectivity index (χ1v) is 13.2. The van der Waals surface area contributed by atoms with Crippen LogP contribution in [0.15, 0.2) is 109 Å². The molecule has 0 spiro atoms. The van der Waals surface area contributed by atoms with Crippen molar-refractivity contribution in [1.82, 2.24) is 4.72 Å². The van der Waals surface area contributed by atoms with E-state index in [-0.39, 0.29) is 5.91 Å². The number of amides is 1. The average molecular weight is 512 g/mol. The maximum absolute atomic E-state index is 13.1. The van der Waals surface area contributed by atoms with E-state index in [4.69, 9.17) is 11.6 Å². The van der Waals surface area contributed by atoms with E-state index in [9.17, 15) is 4.79 Å².